The number of carbonyl (C=O) groups excluding carboxylic acids is 1. The summed E-state index contributed by atoms with van der Waals surface area (Å²) in [5.74, 6) is 0.265. The summed E-state index contributed by atoms with van der Waals surface area (Å²) < 4.78 is 4.93. The van der Waals surface area contributed by atoms with E-state index in [1.165, 1.54) is 0 Å². The van der Waals surface area contributed by atoms with Gasteiger partial charge in [-0.2, -0.15) is 0 Å². The largest absolute Gasteiger partial charge is 0.385 e. The number of Topliss-reactive ketones (excluding diaryl/α,β-unsaturated/α-hetero) is 1. The smallest absolute Gasteiger partial charge is 0.155 e. The van der Waals surface area contributed by atoms with Crippen LogP contribution < -0.4 is 5.73 Å². The van der Waals surface area contributed by atoms with Crippen LogP contribution in [0.4, 0.5) is 0 Å². The van der Waals surface area contributed by atoms with E-state index in [0.717, 1.165) is 25.7 Å². The predicted molar refractivity (Wildman–Crippen MR) is 51.4 cm³/mol. The number of hydrogen-bond acceptors (Lipinski definition) is 3. The minimum Gasteiger partial charge on any atom is -0.385 e. The molecule has 0 amide bonds. The van der Waals surface area contributed by atoms with Crippen LogP contribution in [-0.2, 0) is 9.53 Å². The average molecular weight is 185 g/mol. The zero-order valence-electron chi connectivity index (χ0n) is 8.51. The number of methoxy groups -OCH3 is 1. The normalized spacial score (nSPS) is 22.1. The standard InChI is InChI=1S/C10H19NO2/c1-8(4-7-13-2)9(12)10(11)5-3-6-10/h8H,3-7,11H2,1-2H3. The molecule has 1 fully saturated rings. The Kier molecular flexibility index (Phi) is 3.45. The molecule has 0 radical (unpaired) electrons. The molecule has 1 aliphatic rings. The molecule has 1 unspecified atom stereocenters. The number of ether oxygens (including phenoxy) is 1. The number of carbonyl (C=O) groups is 1. The summed E-state index contributed by atoms with van der Waals surface area (Å²) in [4.78, 5) is 11.8. The summed E-state index contributed by atoms with van der Waals surface area (Å²) in [5.41, 5.74) is 5.44. The Bertz CT molecular complexity index is 187. The van der Waals surface area contributed by atoms with Gasteiger partial charge in [0.1, 0.15) is 0 Å². The lowest BCUT2D eigenvalue weighted by atomic mass is 9.71. The predicted octanol–water partition coefficient (Wildman–Crippen LogP) is 1.11. The van der Waals surface area contributed by atoms with Gasteiger partial charge in [0.2, 0.25) is 0 Å². The second kappa shape index (κ2) is 4.20. The van der Waals surface area contributed by atoms with Gasteiger partial charge >= 0.3 is 0 Å². The van der Waals surface area contributed by atoms with Crippen LogP contribution in [0, 0.1) is 5.92 Å². The third kappa shape index (κ3) is 2.29. The Labute approximate surface area is 79.6 Å². The zero-order valence-corrected chi connectivity index (χ0v) is 8.51. The molecule has 0 aromatic heterocycles. The van der Waals surface area contributed by atoms with Crippen molar-refractivity contribution in [2.45, 2.75) is 38.1 Å². The van der Waals surface area contributed by atoms with E-state index in [9.17, 15) is 4.79 Å². The molecule has 0 aromatic carbocycles. The summed E-state index contributed by atoms with van der Waals surface area (Å²) in [5, 5.41) is 0. The van der Waals surface area contributed by atoms with Gasteiger partial charge in [-0.1, -0.05) is 6.92 Å². The van der Waals surface area contributed by atoms with E-state index in [1.54, 1.807) is 7.11 Å². The Morgan fingerprint density at radius 1 is 1.62 bits per heavy atom. The third-order valence-corrected chi connectivity index (χ3v) is 2.94. The maximum Gasteiger partial charge on any atom is 0.155 e. The molecule has 0 bridgehead atoms. The quantitative estimate of drug-likeness (QED) is 0.698. The molecule has 13 heavy (non-hydrogen) atoms. The van der Waals surface area contributed by atoms with E-state index >= 15 is 0 Å². The van der Waals surface area contributed by atoms with Crippen molar-refractivity contribution in [1.29, 1.82) is 0 Å². The van der Waals surface area contributed by atoms with Crippen LogP contribution in [0.3, 0.4) is 0 Å². The molecule has 1 saturated carbocycles. The number of rotatable bonds is 5. The fraction of sp³-hybridized carbons (Fsp3) is 0.900. The first-order chi connectivity index (χ1) is 6.10. The summed E-state index contributed by atoms with van der Waals surface area (Å²) in [6.07, 6.45) is 3.61. The van der Waals surface area contributed by atoms with E-state index in [-0.39, 0.29) is 11.7 Å². The molecule has 3 heteroatoms. The third-order valence-electron chi connectivity index (χ3n) is 2.94. The molecular formula is C10H19NO2. The van der Waals surface area contributed by atoms with Crippen molar-refractivity contribution in [1.82, 2.24) is 0 Å². The molecule has 1 atom stereocenters. The lowest BCUT2D eigenvalue weighted by Crippen LogP contribution is -2.55. The fourth-order valence-electron chi connectivity index (χ4n) is 1.72. The van der Waals surface area contributed by atoms with Gasteiger partial charge < -0.3 is 10.5 Å². The van der Waals surface area contributed by atoms with Crippen molar-refractivity contribution < 1.29 is 9.53 Å². The van der Waals surface area contributed by atoms with Crippen LogP contribution in [0.1, 0.15) is 32.6 Å². The first-order valence-electron chi connectivity index (χ1n) is 4.92. The van der Waals surface area contributed by atoms with Crippen molar-refractivity contribution in [3.8, 4) is 0 Å². The van der Waals surface area contributed by atoms with Crippen LogP contribution >= 0.6 is 0 Å². The van der Waals surface area contributed by atoms with Crippen molar-refractivity contribution in [2.75, 3.05) is 13.7 Å². The summed E-state index contributed by atoms with van der Waals surface area (Å²) >= 11 is 0. The number of nitrogens with two attached hydrogens (primary N) is 1. The van der Waals surface area contributed by atoms with Crippen molar-refractivity contribution >= 4 is 5.78 Å². The molecule has 2 N–H and O–H groups in total. The van der Waals surface area contributed by atoms with Gasteiger partial charge in [0.15, 0.2) is 5.78 Å². The molecular weight excluding hydrogens is 166 g/mol. The van der Waals surface area contributed by atoms with Crippen molar-refractivity contribution in [2.24, 2.45) is 11.7 Å². The van der Waals surface area contributed by atoms with Gasteiger partial charge in [-0.05, 0) is 25.7 Å². The highest BCUT2D eigenvalue weighted by Crippen LogP contribution is 2.32. The highest BCUT2D eigenvalue weighted by atomic mass is 16.5. The van der Waals surface area contributed by atoms with E-state index < -0.39 is 5.54 Å². The fourth-order valence-corrected chi connectivity index (χ4v) is 1.72. The Morgan fingerprint density at radius 3 is 2.62 bits per heavy atom. The zero-order chi connectivity index (χ0) is 9.90. The molecule has 1 aliphatic carbocycles. The highest BCUT2D eigenvalue weighted by molar-refractivity contribution is 5.90. The highest BCUT2D eigenvalue weighted by Gasteiger charge is 2.41. The van der Waals surface area contributed by atoms with Crippen molar-refractivity contribution in [3.05, 3.63) is 0 Å². The maximum absolute atomic E-state index is 11.8. The lowest BCUT2D eigenvalue weighted by molar-refractivity contribution is -0.131. The molecule has 76 valence electrons. The van der Waals surface area contributed by atoms with Crippen LogP contribution in [0.2, 0.25) is 0 Å². The van der Waals surface area contributed by atoms with Gasteiger partial charge in [-0.25, -0.2) is 0 Å². The van der Waals surface area contributed by atoms with Gasteiger partial charge in [0.25, 0.3) is 0 Å². The van der Waals surface area contributed by atoms with E-state index in [1.807, 2.05) is 6.92 Å². The van der Waals surface area contributed by atoms with E-state index in [0.29, 0.717) is 6.61 Å². The van der Waals surface area contributed by atoms with Crippen molar-refractivity contribution in [3.63, 3.8) is 0 Å². The minimum absolute atomic E-state index is 0.0465. The number of ketones is 1. The Balaban J connectivity index is 2.37. The maximum atomic E-state index is 11.8. The van der Waals surface area contributed by atoms with Gasteiger partial charge in [0, 0.05) is 19.6 Å². The second-order valence-electron chi connectivity index (χ2n) is 4.06. The van der Waals surface area contributed by atoms with E-state index in [2.05, 4.69) is 0 Å². The SMILES string of the molecule is COCCC(C)C(=O)C1(N)CCC1. The van der Waals surface area contributed by atoms with Crippen LogP contribution in [0.15, 0.2) is 0 Å². The van der Waals surface area contributed by atoms with Crippen LogP contribution in [0.5, 0.6) is 0 Å². The molecule has 0 aromatic rings. The van der Waals surface area contributed by atoms with Crippen LogP contribution in [-0.4, -0.2) is 25.0 Å². The molecule has 0 spiro atoms. The molecule has 1 rings (SSSR count). The summed E-state index contributed by atoms with van der Waals surface area (Å²) in [6.45, 7) is 2.58. The summed E-state index contributed by atoms with van der Waals surface area (Å²) in [7, 11) is 1.65. The first kappa shape index (κ1) is 10.7. The molecule has 0 heterocycles. The molecule has 0 saturated heterocycles. The van der Waals surface area contributed by atoms with Crippen LogP contribution in [0.25, 0.3) is 0 Å². The molecule has 3 nitrogen and oxygen atoms in total. The average Bonchev–Trinajstić information content (AvgIpc) is 2.09. The minimum atomic E-state index is -0.493. The second-order valence-corrected chi connectivity index (χ2v) is 4.06. The molecule has 0 aliphatic heterocycles. The first-order valence-corrected chi connectivity index (χ1v) is 4.92. The topological polar surface area (TPSA) is 52.3 Å². The summed E-state index contributed by atoms with van der Waals surface area (Å²) in [6, 6.07) is 0. The lowest BCUT2D eigenvalue weighted by Gasteiger charge is -2.38. The Morgan fingerprint density at radius 2 is 2.23 bits per heavy atom. The van der Waals surface area contributed by atoms with E-state index in [4.69, 9.17) is 10.5 Å². The number of hydrogen-bond donors (Lipinski definition) is 1. The Hall–Kier alpha value is -0.410. The van der Waals surface area contributed by atoms with Gasteiger partial charge in [0.05, 0.1) is 5.54 Å². The monoisotopic (exact) mass is 185 g/mol. The van der Waals surface area contributed by atoms with Gasteiger partial charge in [-0.3, -0.25) is 4.79 Å². The van der Waals surface area contributed by atoms with Gasteiger partial charge in [-0.15, -0.1) is 0 Å².